The SMILES string of the molecule is COc1ccc(OCc2cc(C(=O)NCC3COCCO3)n[nH]2)c(Cl)c1. The third-order valence-electron chi connectivity index (χ3n) is 3.76. The van der Waals surface area contributed by atoms with Gasteiger partial charge in [-0.25, -0.2) is 0 Å². The van der Waals surface area contributed by atoms with E-state index in [1.54, 1.807) is 31.4 Å². The minimum atomic E-state index is -0.288. The van der Waals surface area contributed by atoms with E-state index in [1.165, 1.54) is 0 Å². The Labute approximate surface area is 155 Å². The summed E-state index contributed by atoms with van der Waals surface area (Å²) in [5.74, 6) is 0.877. The van der Waals surface area contributed by atoms with Gasteiger partial charge in [0.2, 0.25) is 0 Å². The minimum absolute atomic E-state index is 0.133. The molecular formula is C17H20ClN3O5. The van der Waals surface area contributed by atoms with Gasteiger partial charge in [0.15, 0.2) is 0 Å². The predicted octanol–water partition coefficient (Wildman–Crippen LogP) is 1.80. The van der Waals surface area contributed by atoms with E-state index in [0.29, 0.717) is 48.6 Å². The Kier molecular flexibility index (Phi) is 6.32. The van der Waals surface area contributed by atoms with Crippen LogP contribution < -0.4 is 14.8 Å². The molecule has 1 fully saturated rings. The van der Waals surface area contributed by atoms with Crippen molar-refractivity contribution in [3.8, 4) is 11.5 Å². The monoisotopic (exact) mass is 381 g/mol. The number of aromatic nitrogens is 2. The van der Waals surface area contributed by atoms with Crippen LogP contribution in [0.4, 0.5) is 0 Å². The average Bonchev–Trinajstić information content (AvgIpc) is 3.15. The number of methoxy groups -OCH3 is 1. The largest absolute Gasteiger partial charge is 0.497 e. The van der Waals surface area contributed by atoms with E-state index in [4.69, 9.17) is 30.5 Å². The summed E-state index contributed by atoms with van der Waals surface area (Å²) in [6, 6.07) is 6.77. The van der Waals surface area contributed by atoms with Gasteiger partial charge in [-0.15, -0.1) is 0 Å². The molecule has 1 aromatic carbocycles. The number of carbonyl (C=O) groups is 1. The van der Waals surface area contributed by atoms with Crippen molar-refractivity contribution in [3.05, 3.63) is 40.7 Å². The van der Waals surface area contributed by atoms with Gasteiger partial charge in [0.05, 0.1) is 43.8 Å². The van der Waals surface area contributed by atoms with Gasteiger partial charge in [0.1, 0.15) is 23.8 Å². The molecule has 1 unspecified atom stereocenters. The number of amides is 1. The van der Waals surface area contributed by atoms with Crippen LogP contribution in [-0.2, 0) is 16.1 Å². The van der Waals surface area contributed by atoms with E-state index in [1.807, 2.05) is 0 Å². The maximum absolute atomic E-state index is 12.1. The van der Waals surface area contributed by atoms with Crippen LogP contribution in [0.25, 0.3) is 0 Å². The molecule has 140 valence electrons. The highest BCUT2D eigenvalue weighted by atomic mass is 35.5. The Morgan fingerprint density at radius 2 is 2.31 bits per heavy atom. The molecule has 1 saturated heterocycles. The van der Waals surface area contributed by atoms with Gasteiger partial charge in [-0.1, -0.05) is 11.6 Å². The molecular weight excluding hydrogens is 362 g/mol. The summed E-state index contributed by atoms with van der Waals surface area (Å²) in [5, 5.41) is 9.99. The molecule has 0 radical (unpaired) electrons. The second kappa shape index (κ2) is 8.88. The number of carbonyl (C=O) groups excluding carboxylic acids is 1. The zero-order chi connectivity index (χ0) is 18.4. The molecule has 2 heterocycles. The van der Waals surface area contributed by atoms with Crippen molar-refractivity contribution in [1.29, 1.82) is 0 Å². The van der Waals surface area contributed by atoms with Crippen molar-refractivity contribution < 1.29 is 23.7 Å². The zero-order valence-corrected chi connectivity index (χ0v) is 15.0. The van der Waals surface area contributed by atoms with Gasteiger partial charge in [0.25, 0.3) is 5.91 Å². The van der Waals surface area contributed by atoms with Gasteiger partial charge < -0.3 is 24.3 Å². The fraction of sp³-hybridized carbons (Fsp3) is 0.412. The third kappa shape index (κ3) is 4.87. The van der Waals surface area contributed by atoms with Crippen LogP contribution in [0.5, 0.6) is 11.5 Å². The lowest BCUT2D eigenvalue weighted by molar-refractivity contribution is -0.0855. The Hall–Kier alpha value is -2.29. The number of aromatic amines is 1. The molecule has 26 heavy (non-hydrogen) atoms. The van der Waals surface area contributed by atoms with E-state index in [0.717, 1.165) is 0 Å². The Morgan fingerprint density at radius 3 is 3.04 bits per heavy atom. The molecule has 0 aliphatic carbocycles. The number of halogens is 1. The molecule has 2 aromatic rings. The number of benzene rings is 1. The van der Waals surface area contributed by atoms with Crippen LogP contribution in [0, 0.1) is 0 Å². The van der Waals surface area contributed by atoms with Crippen molar-refractivity contribution in [2.45, 2.75) is 12.7 Å². The normalized spacial score (nSPS) is 16.9. The van der Waals surface area contributed by atoms with Crippen molar-refractivity contribution in [3.63, 3.8) is 0 Å². The Balaban J connectivity index is 1.50. The fourth-order valence-electron chi connectivity index (χ4n) is 2.38. The molecule has 0 bridgehead atoms. The predicted molar refractivity (Wildman–Crippen MR) is 93.8 cm³/mol. The molecule has 8 nitrogen and oxygen atoms in total. The van der Waals surface area contributed by atoms with E-state index >= 15 is 0 Å². The van der Waals surface area contributed by atoms with Gasteiger partial charge in [0, 0.05) is 12.6 Å². The van der Waals surface area contributed by atoms with Gasteiger partial charge >= 0.3 is 0 Å². The van der Waals surface area contributed by atoms with Gasteiger partial charge in [-0.3, -0.25) is 9.89 Å². The second-order valence-electron chi connectivity index (χ2n) is 5.64. The highest BCUT2D eigenvalue weighted by Gasteiger charge is 2.17. The first-order chi connectivity index (χ1) is 12.7. The lowest BCUT2D eigenvalue weighted by Crippen LogP contribution is -2.39. The molecule has 0 saturated carbocycles. The molecule has 3 rings (SSSR count). The molecule has 1 aliphatic rings. The van der Waals surface area contributed by atoms with E-state index < -0.39 is 0 Å². The highest BCUT2D eigenvalue weighted by Crippen LogP contribution is 2.29. The number of H-pyrrole nitrogens is 1. The first kappa shape index (κ1) is 18.5. The topological polar surface area (TPSA) is 94.7 Å². The maximum Gasteiger partial charge on any atom is 0.271 e. The first-order valence-corrected chi connectivity index (χ1v) is 8.51. The van der Waals surface area contributed by atoms with Gasteiger partial charge in [-0.05, 0) is 18.2 Å². The minimum Gasteiger partial charge on any atom is -0.497 e. The molecule has 9 heteroatoms. The van der Waals surface area contributed by atoms with Crippen molar-refractivity contribution in [2.24, 2.45) is 0 Å². The summed E-state index contributed by atoms with van der Waals surface area (Å²) < 4.78 is 21.5. The Bertz CT molecular complexity index is 746. The summed E-state index contributed by atoms with van der Waals surface area (Å²) >= 11 is 6.13. The van der Waals surface area contributed by atoms with Crippen LogP contribution >= 0.6 is 11.6 Å². The van der Waals surface area contributed by atoms with Crippen LogP contribution in [-0.4, -0.2) is 55.7 Å². The van der Waals surface area contributed by atoms with E-state index in [-0.39, 0.29) is 24.3 Å². The number of ether oxygens (including phenoxy) is 4. The van der Waals surface area contributed by atoms with Crippen molar-refractivity contribution >= 4 is 17.5 Å². The van der Waals surface area contributed by atoms with Crippen LogP contribution in [0.15, 0.2) is 24.3 Å². The lowest BCUT2D eigenvalue weighted by Gasteiger charge is -2.22. The number of rotatable bonds is 7. The second-order valence-corrected chi connectivity index (χ2v) is 6.05. The Morgan fingerprint density at radius 1 is 1.42 bits per heavy atom. The lowest BCUT2D eigenvalue weighted by atomic mass is 10.3. The fourth-order valence-corrected chi connectivity index (χ4v) is 2.61. The molecule has 1 aromatic heterocycles. The van der Waals surface area contributed by atoms with Crippen molar-refractivity contribution in [1.82, 2.24) is 15.5 Å². The summed E-state index contributed by atoms with van der Waals surface area (Å²) in [5.41, 5.74) is 0.931. The van der Waals surface area contributed by atoms with Crippen LogP contribution in [0.1, 0.15) is 16.2 Å². The highest BCUT2D eigenvalue weighted by molar-refractivity contribution is 6.32. The molecule has 1 atom stereocenters. The zero-order valence-electron chi connectivity index (χ0n) is 14.3. The molecule has 0 spiro atoms. The number of hydrogen-bond acceptors (Lipinski definition) is 6. The number of hydrogen-bond donors (Lipinski definition) is 2. The van der Waals surface area contributed by atoms with Crippen molar-refractivity contribution in [2.75, 3.05) is 33.5 Å². The van der Waals surface area contributed by atoms with E-state index in [9.17, 15) is 4.79 Å². The summed E-state index contributed by atoms with van der Waals surface area (Å²) in [6.07, 6.45) is -0.133. The van der Waals surface area contributed by atoms with Gasteiger partial charge in [-0.2, -0.15) is 5.10 Å². The number of nitrogens with zero attached hydrogens (tertiary/aromatic N) is 1. The number of nitrogens with one attached hydrogen (secondary N) is 2. The quantitative estimate of drug-likeness (QED) is 0.759. The first-order valence-electron chi connectivity index (χ1n) is 8.14. The third-order valence-corrected chi connectivity index (χ3v) is 4.06. The molecule has 1 amide bonds. The smallest absolute Gasteiger partial charge is 0.271 e. The summed E-state index contributed by atoms with van der Waals surface area (Å²) in [4.78, 5) is 12.1. The maximum atomic E-state index is 12.1. The molecule has 2 N–H and O–H groups in total. The standard InChI is InChI=1S/C17H20ClN3O5/c1-23-12-2-3-16(14(18)7-12)26-9-11-6-15(21-20-11)17(22)19-8-13-10-24-4-5-25-13/h2-3,6-7,13H,4-5,8-10H2,1H3,(H,19,22)(H,20,21). The summed E-state index contributed by atoms with van der Waals surface area (Å²) in [6.45, 7) is 2.18. The molecule has 1 aliphatic heterocycles. The average molecular weight is 382 g/mol. The van der Waals surface area contributed by atoms with Crippen LogP contribution in [0.2, 0.25) is 5.02 Å². The van der Waals surface area contributed by atoms with E-state index in [2.05, 4.69) is 15.5 Å². The summed E-state index contributed by atoms with van der Waals surface area (Å²) in [7, 11) is 1.57. The van der Waals surface area contributed by atoms with Crippen LogP contribution in [0.3, 0.4) is 0 Å².